The summed E-state index contributed by atoms with van der Waals surface area (Å²) in [7, 11) is 0. The Balaban J connectivity index is 1.67. The summed E-state index contributed by atoms with van der Waals surface area (Å²) in [6.45, 7) is 2.37. The molecule has 2 amide bonds. The Kier molecular flexibility index (Phi) is 4.38. The Labute approximate surface area is 171 Å². The van der Waals surface area contributed by atoms with Crippen LogP contribution in [0.3, 0.4) is 0 Å². The number of amides is 2. The van der Waals surface area contributed by atoms with Crippen molar-refractivity contribution < 1.29 is 18.7 Å². The molecule has 9 heteroatoms. The van der Waals surface area contributed by atoms with E-state index >= 15 is 0 Å². The van der Waals surface area contributed by atoms with Crippen LogP contribution in [0.25, 0.3) is 16.8 Å². The van der Waals surface area contributed by atoms with Gasteiger partial charge in [0, 0.05) is 49.9 Å². The molecule has 2 aliphatic heterocycles. The second-order valence-corrected chi connectivity index (χ2v) is 7.55. The van der Waals surface area contributed by atoms with Gasteiger partial charge in [0.1, 0.15) is 12.4 Å². The van der Waals surface area contributed by atoms with Gasteiger partial charge in [-0.3, -0.25) is 9.59 Å². The average Bonchev–Trinajstić information content (AvgIpc) is 3.28. The van der Waals surface area contributed by atoms with E-state index in [1.807, 2.05) is 0 Å². The molecule has 1 aromatic carbocycles. The molecule has 0 aliphatic carbocycles. The Morgan fingerprint density at radius 3 is 2.97 bits per heavy atom. The largest absolute Gasteiger partial charge is 0.475 e. The molecule has 3 aromatic rings. The monoisotopic (exact) mass is 409 g/mol. The molecule has 5 rings (SSSR count). The van der Waals surface area contributed by atoms with Crippen LogP contribution in [0.5, 0.6) is 5.88 Å². The molecule has 1 saturated heterocycles. The Bertz CT molecular complexity index is 1160. The molecular weight excluding hydrogens is 389 g/mol. The van der Waals surface area contributed by atoms with Crippen LogP contribution < -0.4 is 9.64 Å². The average molecular weight is 409 g/mol. The number of aromatic nitrogens is 3. The summed E-state index contributed by atoms with van der Waals surface area (Å²) in [5, 5.41) is 4.29. The third kappa shape index (κ3) is 3.16. The molecule has 0 N–H and O–H groups in total. The summed E-state index contributed by atoms with van der Waals surface area (Å²) in [6, 6.07) is 6.07. The van der Waals surface area contributed by atoms with E-state index in [-0.39, 0.29) is 24.4 Å². The SMILES string of the molecule is CC(=O)N1CCN2C(=O)CCC2COc2ccn3ncc(c3n2)-c2cc(F)cc1c2. The highest BCUT2D eigenvalue weighted by Crippen LogP contribution is 2.30. The van der Waals surface area contributed by atoms with Gasteiger partial charge in [-0.1, -0.05) is 0 Å². The number of nitrogens with zero attached hydrogens (tertiary/aromatic N) is 5. The molecule has 1 atom stereocenters. The summed E-state index contributed by atoms with van der Waals surface area (Å²) >= 11 is 0. The number of ether oxygens (including phenoxy) is 1. The highest BCUT2D eigenvalue weighted by atomic mass is 19.1. The lowest BCUT2D eigenvalue weighted by Crippen LogP contribution is -2.43. The van der Waals surface area contributed by atoms with Gasteiger partial charge in [0.2, 0.25) is 17.7 Å². The maximum Gasteiger partial charge on any atom is 0.223 e. The van der Waals surface area contributed by atoms with Crippen molar-refractivity contribution in [3.05, 3.63) is 42.5 Å². The van der Waals surface area contributed by atoms with Crippen LogP contribution in [0, 0.1) is 5.82 Å². The summed E-state index contributed by atoms with van der Waals surface area (Å²) in [5.41, 5.74) is 2.15. The summed E-state index contributed by atoms with van der Waals surface area (Å²) in [4.78, 5) is 32.5. The van der Waals surface area contributed by atoms with E-state index in [0.717, 1.165) is 0 Å². The molecular formula is C21H20FN5O3. The minimum atomic E-state index is -0.470. The second kappa shape index (κ2) is 7.08. The maximum absolute atomic E-state index is 14.5. The van der Waals surface area contributed by atoms with Crippen molar-refractivity contribution in [3.8, 4) is 17.0 Å². The molecule has 4 heterocycles. The van der Waals surface area contributed by atoms with Crippen molar-refractivity contribution in [3.63, 3.8) is 0 Å². The van der Waals surface area contributed by atoms with Crippen molar-refractivity contribution in [1.82, 2.24) is 19.5 Å². The lowest BCUT2D eigenvalue weighted by molar-refractivity contribution is -0.129. The molecule has 8 nitrogen and oxygen atoms in total. The van der Waals surface area contributed by atoms with Crippen molar-refractivity contribution in [2.45, 2.75) is 25.8 Å². The predicted molar refractivity (Wildman–Crippen MR) is 107 cm³/mol. The zero-order valence-corrected chi connectivity index (χ0v) is 16.4. The number of benzene rings is 1. The first-order valence-electron chi connectivity index (χ1n) is 9.85. The molecule has 2 aliphatic rings. The van der Waals surface area contributed by atoms with Crippen molar-refractivity contribution in [2.75, 3.05) is 24.6 Å². The number of carbonyl (C=O) groups is 2. The summed E-state index contributed by atoms with van der Waals surface area (Å²) < 4.78 is 22.0. The van der Waals surface area contributed by atoms with Crippen molar-refractivity contribution in [2.24, 2.45) is 0 Å². The lowest BCUT2D eigenvalue weighted by Gasteiger charge is -2.29. The van der Waals surface area contributed by atoms with Crippen LogP contribution in [0.4, 0.5) is 10.1 Å². The highest BCUT2D eigenvalue weighted by Gasteiger charge is 2.32. The van der Waals surface area contributed by atoms with Gasteiger partial charge in [-0.25, -0.2) is 8.91 Å². The zero-order valence-electron chi connectivity index (χ0n) is 16.4. The lowest BCUT2D eigenvalue weighted by atomic mass is 10.1. The Hall–Kier alpha value is -3.49. The van der Waals surface area contributed by atoms with E-state index < -0.39 is 5.82 Å². The topological polar surface area (TPSA) is 80.0 Å². The van der Waals surface area contributed by atoms with Gasteiger partial charge in [-0.15, -0.1) is 0 Å². The number of rotatable bonds is 0. The number of halogens is 1. The van der Waals surface area contributed by atoms with Gasteiger partial charge in [0.15, 0.2) is 5.65 Å². The van der Waals surface area contributed by atoms with Gasteiger partial charge in [-0.2, -0.15) is 10.1 Å². The molecule has 1 fully saturated rings. The molecule has 0 saturated carbocycles. The van der Waals surface area contributed by atoms with E-state index in [4.69, 9.17) is 4.74 Å². The zero-order chi connectivity index (χ0) is 20.8. The van der Waals surface area contributed by atoms with Gasteiger partial charge >= 0.3 is 0 Å². The highest BCUT2D eigenvalue weighted by molar-refractivity contribution is 5.93. The first-order chi connectivity index (χ1) is 14.5. The van der Waals surface area contributed by atoms with Crippen LogP contribution >= 0.6 is 0 Å². The van der Waals surface area contributed by atoms with Crippen LogP contribution in [0.1, 0.15) is 19.8 Å². The third-order valence-corrected chi connectivity index (χ3v) is 5.67. The van der Waals surface area contributed by atoms with Crippen LogP contribution in [-0.2, 0) is 9.59 Å². The van der Waals surface area contributed by atoms with Gasteiger partial charge in [0.25, 0.3) is 0 Å². The second-order valence-electron chi connectivity index (χ2n) is 7.55. The van der Waals surface area contributed by atoms with E-state index in [1.165, 1.54) is 24.0 Å². The molecule has 2 aromatic heterocycles. The van der Waals surface area contributed by atoms with Gasteiger partial charge < -0.3 is 14.5 Å². The number of fused-ring (bicyclic) bond motifs is 5. The minimum Gasteiger partial charge on any atom is -0.475 e. The number of hydrogen-bond acceptors (Lipinski definition) is 5. The quantitative estimate of drug-likeness (QED) is 0.569. The fourth-order valence-corrected chi connectivity index (χ4v) is 4.15. The van der Waals surface area contributed by atoms with Gasteiger partial charge in [-0.05, 0) is 30.2 Å². The third-order valence-electron chi connectivity index (χ3n) is 5.67. The van der Waals surface area contributed by atoms with Crippen molar-refractivity contribution in [1.29, 1.82) is 0 Å². The number of carbonyl (C=O) groups excluding carboxylic acids is 2. The van der Waals surface area contributed by atoms with Gasteiger partial charge in [0.05, 0.1) is 12.2 Å². The van der Waals surface area contributed by atoms with E-state index in [9.17, 15) is 14.0 Å². The maximum atomic E-state index is 14.5. The van der Waals surface area contributed by atoms with E-state index in [0.29, 0.717) is 54.3 Å². The number of anilines is 1. The molecule has 0 spiro atoms. The summed E-state index contributed by atoms with van der Waals surface area (Å²) in [6.07, 6.45) is 4.47. The van der Waals surface area contributed by atoms with E-state index in [1.54, 1.807) is 33.9 Å². The molecule has 1 unspecified atom stereocenters. The summed E-state index contributed by atoms with van der Waals surface area (Å²) in [5.74, 6) is -0.246. The van der Waals surface area contributed by atoms with Crippen LogP contribution in [-0.4, -0.2) is 57.1 Å². The Morgan fingerprint density at radius 1 is 1.27 bits per heavy atom. The minimum absolute atomic E-state index is 0.0283. The smallest absolute Gasteiger partial charge is 0.223 e. The Morgan fingerprint density at radius 2 is 2.13 bits per heavy atom. The first kappa shape index (κ1) is 18.5. The molecule has 0 radical (unpaired) electrons. The fraction of sp³-hybridized carbons (Fsp3) is 0.333. The number of hydrogen-bond donors (Lipinski definition) is 0. The van der Waals surface area contributed by atoms with E-state index in [2.05, 4.69) is 10.1 Å². The van der Waals surface area contributed by atoms with Crippen molar-refractivity contribution >= 4 is 23.1 Å². The normalized spacial score (nSPS) is 19.0. The fourth-order valence-electron chi connectivity index (χ4n) is 4.15. The van der Waals surface area contributed by atoms with Crippen LogP contribution in [0.15, 0.2) is 36.7 Å². The van der Waals surface area contributed by atoms with Crippen LogP contribution in [0.2, 0.25) is 0 Å². The predicted octanol–water partition coefficient (Wildman–Crippen LogP) is 2.27. The first-order valence-corrected chi connectivity index (χ1v) is 9.85. The standard InChI is InChI=1S/C21H20FN5O3/c1-13(28)25-6-7-26-16(2-3-20(26)29)12-30-19-4-5-27-21(24-19)18(11-23-27)14-8-15(22)10-17(25)9-14/h4-5,8-11,16H,2-3,6-7,12H2,1H3. The molecule has 30 heavy (non-hydrogen) atoms. The molecule has 154 valence electrons. The molecule has 4 bridgehead atoms.